The highest BCUT2D eigenvalue weighted by Gasteiger charge is 2.52. The molecule has 1 aromatic carbocycles. The third-order valence-corrected chi connectivity index (χ3v) is 6.56. The number of hydrogen-bond donors (Lipinski definition) is 1. The molecule has 4 aliphatic rings. The van der Waals surface area contributed by atoms with Gasteiger partial charge in [-0.05, 0) is 75.5 Å². The molecule has 0 spiro atoms. The number of carbonyl (C=O) groups is 1. The van der Waals surface area contributed by atoms with Gasteiger partial charge in [0, 0.05) is 23.4 Å². The Balaban J connectivity index is 1.38. The van der Waals surface area contributed by atoms with E-state index in [4.69, 9.17) is 0 Å². The number of nitrogens with zero attached hydrogens (tertiary/aromatic N) is 2. The van der Waals surface area contributed by atoms with Crippen molar-refractivity contribution in [2.24, 2.45) is 17.8 Å². The third kappa shape index (κ3) is 3.15. The predicted octanol–water partition coefficient (Wildman–Crippen LogP) is 3.43. The average Bonchev–Trinajstić information content (AvgIpc) is 2.54. The molecule has 1 amide bonds. The van der Waals surface area contributed by atoms with Crippen molar-refractivity contribution < 1.29 is 9.72 Å². The number of hydrogen-bond acceptors (Lipinski definition) is 4. The number of nitro benzene ring substituents is 1. The molecule has 4 fully saturated rings. The lowest BCUT2D eigenvalue weighted by Gasteiger charge is -2.59. The summed E-state index contributed by atoms with van der Waals surface area (Å²) in [5.74, 6) is 2.51. The highest BCUT2D eigenvalue weighted by atomic mass is 16.6. The molecular formula is C19H25N3O3. The molecule has 6 heteroatoms. The molecule has 134 valence electrons. The zero-order valence-corrected chi connectivity index (χ0v) is 14.6. The minimum atomic E-state index is -0.438. The van der Waals surface area contributed by atoms with Gasteiger partial charge in [-0.25, -0.2) is 0 Å². The number of non-ortho nitro benzene ring substituents is 1. The number of amides is 1. The van der Waals surface area contributed by atoms with Crippen molar-refractivity contribution in [3.8, 4) is 0 Å². The first-order valence-corrected chi connectivity index (χ1v) is 9.19. The number of nitro groups is 1. The van der Waals surface area contributed by atoms with Gasteiger partial charge in [-0.2, -0.15) is 0 Å². The first-order valence-electron chi connectivity index (χ1n) is 9.19. The smallest absolute Gasteiger partial charge is 0.269 e. The molecule has 4 aliphatic carbocycles. The van der Waals surface area contributed by atoms with Crippen LogP contribution in [-0.2, 0) is 4.79 Å². The Bertz CT molecular complexity index is 650. The molecule has 0 unspecified atom stereocenters. The van der Waals surface area contributed by atoms with Crippen molar-refractivity contribution >= 4 is 17.3 Å². The molecule has 6 nitrogen and oxygen atoms in total. The summed E-state index contributed by atoms with van der Waals surface area (Å²) >= 11 is 0. The zero-order valence-electron chi connectivity index (χ0n) is 14.6. The normalized spacial score (nSPS) is 32.8. The molecule has 1 N–H and O–H groups in total. The topological polar surface area (TPSA) is 75.5 Å². The summed E-state index contributed by atoms with van der Waals surface area (Å²) in [6.45, 7) is 0.378. The highest BCUT2D eigenvalue weighted by molar-refractivity contribution is 5.92. The van der Waals surface area contributed by atoms with Gasteiger partial charge in [0.1, 0.15) is 0 Å². The van der Waals surface area contributed by atoms with E-state index in [0.717, 1.165) is 17.8 Å². The van der Waals surface area contributed by atoms with Crippen LogP contribution in [0.4, 0.5) is 11.4 Å². The van der Waals surface area contributed by atoms with Crippen LogP contribution in [0.15, 0.2) is 24.3 Å². The lowest BCUT2D eigenvalue weighted by molar-refractivity contribution is -0.384. The third-order valence-electron chi connectivity index (χ3n) is 6.56. The van der Waals surface area contributed by atoms with E-state index in [2.05, 4.69) is 17.3 Å². The van der Waals surface area contributed by atoms with Gasteiger partial charge in [-0.1, -0.05) is 0 Å². The van der Waals surface area contributed by atoms with Gasteiger partial charge in [-0.3, -0.25) is 19.8 Å². The molecule has 4 bridgehead atoms. The van der Waals surface area contributed by atoms with Crippen molar-refractivity contribution in [3.63, 3.8) is 0 Å². The minimum absolute atomic E-state index is 0.0312. The molecule has 0 saturated heterocycles. The molecule has 4 saturated carbocycles. The summed E-state index contributed by atoms with van der Waals surface area (Å²) in [5, 5.41) is 13.6. The Kier molecular flexibility index (Phi) is 4.02. The van der Waals surface area contributed by atoms with Crippen LogP contribution in [0.25, 0.3) is 0 Å². The van der Waals surface area contributed by atoms with Crippen molar-refractivity contribution in [2.75, 3.05) is 18.9 Å². The van der Waals surface area contributed by atoms with Gasteiger partial charge in [0.25, 0.3) is 5.69 Å². The second-order valence-electron chi connectivity index (χ2n) is 8.35. The Morgan fingerprint density at radius 1 is 1.16 bits per heavy atom. The van der Waals surface area contributed by atoms with Crippen LogP contribution in [0.5, 0.6) is 0 Å². The Morgan fingerprint density at radius 2 is 1.68 bits per heavy atom. The van der Waals surface area contributed by atoms with E-state index >= 15 is 0 Å². The second-order valence-corrected chi connectivity index (χ2v) is 8.35. The van der Waals surface area contributed by atoms with Gasteiger partial charge >= 0.3 is 0 Å². The van der Waals surface area contributed by atoms with E-state index in [1.165, 1.54) is 50.7 Å². The molecule has 0 aromatic heterocycles. The van der Waals surface area contributed by atoms with Gasteiger partial charge < -0.3 is 5.32 Å². The van der Waals surface area contributed by atoms with Crippen molar-refractivity contribution in [1.29, 1.82) is 0 Å². The summed E-state index contributed by atoms with van der Waals surface area (Å²) in [6, 6.07) is 6.00. The second kappa shape index (κ2) is 6.09. The lowest BCUT2D eigenvalue weighted by Crippen LogP contribution is -2.59. The fourth-order valence-corrected chi connectivity index (χ4v) is 5.78. The highest BCUT2D eigenvalue weighted by Crippen LogP contribution is 2.57. The van der Waals surface area contributed by atoms with Crippen LogP contribution in [0.1, 0.15) is 38.5 Å². The molecule has 1 aromatic rings. The maximum atomic E-state index is 12.4. The van der Waals surface area contributed by atoms with Crippen molar-refractivity contribution in [3.05, 3.63) is 34.4 Å². The maximum absolute atomic E-state index is 12.4. The van der Waals surface area contributed by atoms with E-state index in [0.29, 0.717) is 12.2 Å². The predicted molar refractivity (Wildman–Crippen MR) is 95.3 cm³/mol. The van der Waals surface area contributed by atoms with Gasteiger partial charge in [0.2, 0.25) is 5.91 Å². The average molecular weight is 343 g/mol. The van der Waals surface area contributed by atoms with Crippen LogP contribution >= 0.6 is 0 Å². The number of nitrogens with one attached hydrogen (secondary N) is 1. The number of benzene rings is 1. The monoisotopic (exact) mass is 343 g/mol. The molecule has 0 radical (unpaired) electrons. The fraction of sp³-hybridized carbons (Fsp3) is 0.632. The Morgan fingerprint density at radius 3 is 2.16 bits per heavy atom. The molecule has 5 rings (SSSR count). The van der Waals surface area contributed by atoms with Crippen molar-refractivity contribution in [1.82, 2.24) is 4.90 Å². The largest absolute Gasteiger partial charge is 0.325 e. The number of carbonyl (C=O) groups excluding carboxylic acids is 1. The van der Waals surface area contributed by atoms with Crippen LogP contribution in [-0.4, -0.2) is 34.9 Å². The summed E-state index contributed by atoms with van der Waals surface area (Å²) < 4.78 is 0. The number of anilines is 1. The van der Waals surface area contributed by atoms with Crippen LogP contribution in [0.3, 0.4) is 0 Å². The zero-order chi connectivity index (χ0) is 17.6. The van der Waals surface area contributed by atoms with Gasteiger partial charge in [0.15, 0.2) is 0 Å². The minimum Gasteiger partial charge on any atom is -0.325 e. The van der Waals surface area contributed by atoms with Crippen molar-refractivity contribution in [2.45, 2.75) is 44.1 Å². The molecule has 0 aliphatic heterocycles. The van der Waals surface area contributed by atoms with Crippen LogP contribution in [0, 0.1) is 27.9 Å². The SMILES string of the molecule is CN(CC(=O)Nc1ccc([N+](=O)[O-])cc1)C12CC3CC(CC(C3)C1)C2. The summed E-state index contributed by atoms with van der Waals surface area (Å²) in [7, 11) is 2.09. The standard InChI is InChI=1S/C19H25N3O3/c1-21(19-9-13-6-14(10-19)8-15(7-13)11-19)12-18(23)20-16-2-4-17(5-3-16)22(24)25/h2-5,13-15H,6-12H2,1H3,(H,20,23). The molecular weight excluding hydrogens is 318 g/mol. The summed E-state index contributed by atoms with van der Waals surface area (Å²) in [4.78, 5) is 25.0. The van der Waals surface area contributed by atoms with Gasteiger partial charge in [0.05, 0.1) is 11.5 Å². The number of rotatable bonds is 5. The van der Waals surface area contributed by atoms with E-state index in [1.807, 2.05) is 0 Å². The van der Waals surface area contributed by atoms with E-state index in [9.17, 15) is 14.9 Å². The lowest BCUT2D eigenvalue weighted by atomic mass is 9.52. The van der Waals surface area contributed by atoms with Crippen LogP contribution in [0.2, 0.25) is 0 Å². The summed E-state index contributed by atoms with van der Waals surface area (Å²) in [6.07, 6.45) is 7.88. The fourth-order valence-electron chi connectivity index (χ4n) is 5.78. The molecule has 25 heavy (non-hydrogen) atoms. The Labute approximate surface area is 147 Å². The number of likely N-dealkylation sites (N-methyl/N-ethyl adjacent to an activating group) is 1. The Hall–Kier alpha value is -1.95. The van der Waals surface area contributed by atoms with Crippen LogP contribution < -0.4 is 5.32 Å². The molecule has 0 heterocycles. The van der Waals surface area contributed by atoms with Gasteiger partial charge in [-0.15, -0.1) is 0 Å². The summed E-state index contributed by atoms with van der Waals surface area (Å²) in [5.41, 5.74) is 0.847. The molecule has 0 atom stereocenters. The van der Waals surface area contributed by atoms with E-state index in [1.54, 1.807) is 12.1 Å². The maximum Gasteiger partial charge on any atom is 0.269 e. The van der Waals surface area contributed by atoms with E-state index < -0.39 is 4.92 Å². The quantitative estimate of drug-likeness (QED) is 0.656. The van der Waals surface area contributed by atoms with E-state index in [-0.39, 0.29) is 17.1 Å². The first kappa shape index (κ1) is 16.5. The first-order chi connectivity index (χ1) is 11.9.